The van der Waals surface area contributed by atoms with Crippen LogP contribution in [-0.4, -0.2) is 60.4 Å². The molecule has 10 atom stereocenters. The molecule has 4 unspecified atom stereocenters. The molecule has 3 rings (SSSR count). The van der Waals surface area contributed by atoms with Gasteiger partial charge in [0.15, 0.2) is 12.1 Å². The molecule has 0 aromatic carbocycles. The van der Waals surface area contributed by atoms with Crippen molar-refractivity contribution in [3.8, 4) is 0 Å². The first-order chi connectivity index (χ1) is 12.1. The van der Waals surface area contributed by atoms with Gasteiger partial charge in [0, 0.05) is 11.8 Å². The van der Waals surface area contributed by atoms with Crippen LogP contribution in [0, 0.1) is 17.8 Å². The first-order valence-corrected chi connectivity index (χ1v) is 10.1. The van der Waals surface area contributed by atoms with Crippen molar-refractivity contribution in [2.75, 3.05) is 6.61 Å². The zero-order valence-corrected chi connectivity index (χ0v) is 17.2. The van der Waals surface area contributed by atoms with Crippen molar-refractivity contribution in [2.24, 2.45) is 17.8 Å². The Morgan fingerprint density at radius 3 is 2.38 bits per heavy atom. The van der Waals surface area contributed by atoms with E-state index in [0.29, 0.717) is 6.61 Å². The van der Waals surface area contributed by atoms with E-state index in [1.54, 1.807) is 0 Å². The molecule has 3 saturated heterocycles. The number of aliphatic hydroxyl groups is 1. The van der Waals surface area contributed by atoms with Gasteiger partial charge in [-0.25, -0.2) is 0 Å². The van der Waals surface area contributed by atoms with Crippen LogP contribution in [0.2, 0.25) is 0 Å². The maximum atomic E-state index is 10.8. The van der Waals surface area contributed by atoms with Gasteiger partial charge in [0.2, 0.25) is 0 Å². The topological polar surface area (TPSA) is 66.4 Å². The summed E-state index contributed by atoms with van der Waals surface area (Å²) in [7, 11) is 0. The molecule has 0 aliphatic carbocycles. The van der Waals surface area contributed by atoms with Crippen LogP contribution in [-0.2, 0) is 23.7 Å². The molecule has 6 nitrogen and oxygen atoms in total. The van der Waals surface area contributed by atoms with E-state index < -0.39 is 18.2 Å². The minimum atomic E-state index is -0.585. The number of hydrogen-bond acceptors (Lipinski definition) is 6. The highest BCUT2D eigenvalue weighted by atomic mass is 16.8. The van der Waals surface area contributed by atoms with Crippen LogP contribution in [0.3, 0.4) is 0 Å². The number of hydrogen-bond donors (Lipinski definition) is 1. The lowest BCUT2D eigenvalue weighted by atomic mass is 9.83. The zero-order valence-electron chi connectivity index (χ0n) is 17.2. The Morgan fingerprint density at radius 2 is 1.73 bits per heavy atom. The Balaban J connectivity index is 1.71. The summed E-state index contributed by atoms with van der Waals surface area (Å²) in [5, 5.41) is 10.8. The molecule has 0 spiro atoms. The van der Waals surface area contributed by atoms with Crippen LogP contribution in [0.1, 0.15) is 54.9 Å². The van der Waals surface area contributed by atoms with E-state index in [9.17, 15) is 5.11 Å². The average molecular weight is 373 g/mol. The first-order valence-electron chi connectivity index (χ1n) is 10.1. The van der Waals surface area contributed by atoms with Crippen molar-refractivity contribution >= 4 is 0 Å². The minimum absolute atomic E-state index is 0.0120. The molecule has 152 valence electrons. The van der Waals surface area contributed by atoms with Gasteiger partial charge in [-0.3, -0.25) is 0 Å². The molecule has 0 aromatic heterocycles. The lowest BCUT2D eigenvalue weighted by molar-refractivity contribution is -0.379. The molecule has 1 N–H and O–H groups in total. The highest BCUT2D eigenvalue weighted by Crippen LogP contribution is 2.40. The molecule has 0 amide bonds. The van der Waals surface area contributed by atoms with E-state index in [4.69, 9.17) is 23.7 Å². The van der Waals surface area contributed by atoms with Crippen LogP contribution in [0.5, 0.6) is 0 Å². The average Bonchev–Trinajstić information content (AvgIpc) is 2.59. The van der Waals surface area contributed by atoms with E-state index in [0.717, 1.165) is 6.42 Å². The van der Waals surface area contributed by atoms with Crippen LogP contribution < -0.4 is 0 Å². The van der Waals surface area contributed by atoms with Crippen molar-refractivity contribution < 1.29 is 28.8 Å². The van der Waals surface area contributed by atoms with E-state index >= 15 is 0 Å². The SMILES string of the molecule is CC[C@@H]1O[C@H](C)C(C)C(O)[C@@H]1O[C@@H]1OC2COC(C)(C)O[C@H]2[C@@H](C)C1C. The van der Waals surface area contributed by atoms with Gasteiger partial charge in [0.05, 0.1) is 31.0 Å². The predicted molar refractivity (Wildman–Crippen MR) is 96.6 cm³/mol. The molecule has 26 heavy (non-hydrogen) atoms. The largest absolute Gasteiger partial charge is 0.390 e. The third-order valence-corrected chi connectivity index (χ3v) is 6.53. The molecular formula is C20H36O6. The summed E-state index contributed by atoms with van der Waals surface area (Å²) in [6, 6.07) is 0. The Labute approximate surface area is 157 Å². The highest BCUT2D eigenvalue weighted by molar-refractivity contribution is 4.93. The summed E-state index contributed by atoms with van der Waals surface area (Å²) in [5.74, 6) is -0.156. The fourth-order valence-corrected chi connectivity index (χ4v) is 4.30. The quantitative estimate of drug-likeness (QED) is 0.822. The zero-order chi connectivity index (χ0) is 19.2. The molecule has 3 aliphatic rings. The predicted octanol–water partition coefficient (Wildman–Crippen LogP) is 2.71. The maximum absolute atomic E-state index is 10.8. The fourth-order valence-electron chi connectivity index (χ4n) is 4.30. The Hall–Kier alpha value is -0.240. The van der Waals surface area contributed by atoms with Crippen molar-refractivity contribution in [1.82, 2.24) is 0 Å². The molecule has 3 aliphatic heterocycles. The smallest absolute Gasteiger partial charge is 0.163 e. The summed E-state index contributed by atoms with van der Waals surface area (Å²) in [4.78, 5) is 0. The standard InChI is InChI=1S/C20H36O6/c1-8-14-18(16(21)12(4)13(5)23-14)25-19-11(3)10(2)17-15(24-19)9-22-20(6,7)26-17/h10-19,21H,8-9H2,1-7H3/t10-,11?,12?,13+,14-,15?,16?,17-,18+,19-/m0/s1. The summed E-state index contributed by atoms with van der Waals surface area (Å²) in [6.07, 6.45) is -0.837. The number of aliphatic hydroxyl groups excluding tert-OH is 1. The van der Waals surface area contributed by atoms with Gasteiger partial charge >= 0.3 is 0 Å². The normalized spacial score (nSPS) is 51.7. The number of ether oxygens (including phenoxy) is 5. The van der Waals surface area contributed by atoms with Crippen molar-refractivity contribution in [3.05, 3.63) is 0 Å². The maximum Gasteiger partial charge on any atom is 0.163 e. The van der Waals surface area contributed by atoms with E-state index in [2.05, 4.69) is 20.8 Å². The van der Waals surface area contributed by atoms with Gasteiger partial charge in [-0.15, -0.1) is 0 Å². The molecule has 3 heterocycles. The van der Waals surface area contributed by atoms with Crippen LogP contribution in [0.15, 0.2) is 0 Å². The second-order valence-electron chi connectivity index (χ2n) is 8.79. The van der Waals surface area contributed by atoms with Crippen molar-refractivity contribution in [2.45, 2.75) is 104 Å². The number of fused-ring (bicyclic) bond motifs is 1. The van der Waals surface area contributed by atoms with Crippen LogP contribution in [0.25, 0.3) is 0 Å². The van der Waals surface area contributed by atoms with Gasteiger partial charge in [0.25, 0.3) is 0 Å². The van der Waals surface area contributed by atoms with Gasteiger partial charge in [-0.2, -0.15) is 0 Å². The molecule has 0 saturated carbocycles. The van der Waals surface area contributed by atoms with Crippen molar-refractivity contribution in [3.63, 3.8) is 0 Å². The monoisotopic (exact) mass is 372 g/mol. The van der Waals surface area contributed by atoms with Gasteiger partial charge in [-0.05, 0) is 33.1 Å². The molecule has 6 heteroatoms. The first kappa shape index (κ1) is 20.5. The number of rotatable bonds is 3. The van der Waals surface area contributed by atoms with Crippen LogP contribution in [0.4, 0.5) is 0 Å². The lowest BCUT2D eigenvalue weighted by Crippen LogP contribution is -2.61. The molecule has 0 aromatic rings. The second-order valence-corrected chi connectivity index (χ2v) is 8.79. The third-order valence-electron chi connectivity index (χ3n) is 6.53. The van der Waals surface area contributed by atoms with Crippen molar-refractivity contribution in [1.29, 1.82) is 0 Å². The highest BCUT2D eigenvalue weighted by Gasteiger charge is 2.50. The Kier molecular flexibility index (Phi) is 6.03. The van der Waals surface area contributed by atoms with Gasteiger partial charge < -0.3 is 28.8 Å². The van der Waals surface area contributed by atoms with Gasteiger partial charge in [0.1, 0.15) is 12.2 Å². The van der Waals surface area contributed by atoms with E-state index in [-0.39, 0.29) is 48.3 Å². The third kappa shape index (κ3) is 3.82. The summed E-state index contributed by atoms with van der Waals surface area (Å²) >= 11 is 0. The lowest BCUT2D eigenvalue weighted by Gasteiger charge is -2.51. The summed E-state index contributed by atoms with van der Waals surface area (Å²) < 4.78 is 30.5. The van der Waals surface area contributed by atoms with Crippen LogP contribution >= 0.6 is 0 Å². The Bertz CT molecular complexity index is 479. The molecule has 0 bridgehead atoms. The fraction of sp³-hybridized carbons (Fsp3) is 1.00. The summed E-state index contributed by atoms with van der Waals surface area (Å²) in [5.41, 5.74) is 0. The minimum Gasteiger partial charge on any atom is -0.390 e. The molecule has 3 fully saturated rings. The summed E-state index contributed by atoms with van der Waals surface area (Å²) in [6.45, 7) is 14.7. The second kappa shape index (κ2) is 7.64. The Morgan fingerprint density at radius 1 is 1.04 bits per heavy atom. The molecule has 0 radical (unpaired) electrons. The molecular weight excluding hydrogens is 336 g/mol. The van der Waals surface area contributed by atoms with Gasteiger partial charge in [-0.1, -0.05) is 27.7 Å². The van der Waals surface area contributed by atoms with E-state index in [1.807, 2.05) is 27.7 Å². The van der Waals surface area contributed by atoms with E-state index in [1.165, 1.54) is 0 Å².